The van der Waals surface area contributed by atoms with Crippen molar-refractivity contribution in [2.45, 2.75) is 23.8 Å². The Balaban J connectivity index is 1.92. The maximum atomic E-state index is 13.0. The molecular formula is C19H18ClN3O3S. The van der Waals surface area contributed by atoms with E-state index in [0.717, 1.165) is 17.1 Å². The summed E-state index contributed by atoms with van der Waals surface area (Å²) in [4.78, 5) is 14.2. The lowest BCUT2D eigenvalue weighted by Gasteiger charge is -2.21. The Hall–Kier alpha value is -2.56. The van der Waals surface area contributed by atoms with Crippen molar-refractivity contribution in [3.8, 4) is 6.07 Å². The molecule has 1 saturated carbocycles. The van der Waals surface area contributed by atoms with Gasteiger partial charge in [-0.05, 0) is 49.2 Å². The number of carbonyl (C=O) groups is 1. The average molecular weight is 404 g/mol. The number of rotatable bonds is 6. The molecule has 1 amide bonds. The molecule has 2 aromatic carbocycles. The van der Waals surface area contributed by atoms with Crippen LogP contribution < -0.4 is 4.31 Å². The first-order chi connectivity index (χ1) is 12.8. The lowest BCUT2D eigenvalue weighted by atomic mass is 10.2. The van der Waals surface area contributed by atoms with Gasteiger partial charge in [0.25, 0.3) is 15.9 Å². The molecule has 2 aromatic rings. The summed E-state index contributed by atoms with van der Waals surface area (Å²) in [6.07, 6.45) is 1.73. The van der Waals surface area contributed by atoms with Crippen molar-refractivity contribution in [1.82, 2.24) is 4.90 Å². The summed E-state index contributed by atoms with van der Waals surface area (Å²) >= 11 is 5.95. The van der Waals surface area contributed by atoms with Gasteiger partial charge in [0.2, 0.25) is 0 Å². The van der Waals surface area contributed by atoms with Crippen LogP contribution in [-0.2, 0) is 10.0 Å². The Morgan fingerprint density at radius 1 is 1.22 bits per heavy atom. The minimum atomic E-state index is -3.87. The minimum Gasteiger partial charge on any atom is -0.322 e. The predicted molar refractivity (Wildman–Crippen MR) is 103 cm³/mol. The third-order valence-electron chi connectivity index (χ3n) is 4.40. The monoisotopic (exact) mass is 403 g/mol. The van der Waals surface area contributed by atoms with Crippen molar-refractivity contribution in [2.75, 3.05) is 17.9 Å². The highest BCUT2D eigenvalue weighted by Crippen LogP contribution is 2.29. The van der Waals surface area contributed by atoms with Gasteiger partial charge in [0, 0.05) is 23.7 Å². The summed E-state index contributed by atoms with van der Waals surface area (Å²) in [5.41, 5.74) is 0.668. The molecule has 0 unspecified atom stereocenters. The molecule has 1 aliphatic rings. The van der Waals surface area contributed by atoms with Crippen LogP contribution in [0, 0.1) is 11.3 Å². The SMILES string of the molecule is CN(c1cccc(Cl)c1)S(=O)(=O)c1cccc(C(=O)N(CC#N)C2CC2)c1. The first-order valence-corrected chi connectivity index (χ1v) is 10.2. The van der Waals surface area contributed by atoms with Gasteiger partial charge in [0.15, 0.2) is 0 Å². The normalized spacial score (nSPS) is 13.7. The molecule has 0 radical (unpaired) electrons. The molecule has 0 heterocycles. The number of amides is 1. The molecule has 0 saturated heterocycles. The molecule has 1 fully saturated rings. The van der Waals surface area contributed by atoms with E-state index in [0.29, 0.717) is 10.7 Å². The van der Waals surface area contributed by atoms with Gasteiger partial charge in [0.05, 0.1) is 16.7 Å². The highest BCUT2D eigenvalue weighted by molar-refractivity contribution is 7.92. The van der Waals surface area contributed by atoms with Crippen LogP contribution in [-0.4, -0.2) is 38.9 Å². The van der Waals surface area contributed by atoms with Crippen LogP contribution in [0.25, 0.3) is 0 Å². The van der Waals surface area contributed by atoms with Gasteiger partial charge in [0.1, 0.15) is 6.54 Å². The lowest BCUT2D eigenvalue weighted by molar-refractivity contribution is 0.0764. The molecule has 0 N–H and O–H groups in total. The Bertz CT molecular complexity index is 1010. The Morgan fingerprint density at radius 3 is 2.56 bits per heavy atom. The van der Waals surface area contributed by atoms with E-state index in [2.05, 4.69) is 0 Å². The van der Waals surface area contributed by atoms with E-state index < -0.39 is 10.0 Å². The van der Waals surface area contributed by atoms with Crippen LogP contribution >= 0.6 is 11.6 Å². The topological polar surface area (TPSA) is 81.5 Å². The van der Waals surface area contributed by atoms with E-state index in [1.54, 1.807) is 30.3 Å². The van der Waals surface area contributed by atoms with Crippen molar-refractivity contribution in [3.05, 3.63) is 59.1 Å². The summed E-state index contributed by atoms with van der Waals surface area (Å²) in [5.74, 6) is -0.332. The quantitative estimate of drug-likeness (QED) is 0.693. The van der Waals surface area contributed by atoms with Crippen molar-refractivity contribution < 1.29 is 13.2 Å². The van der Waals surface area contributed by atoms with E-state index >= 15 is 0 Å². The zero-order valence-corrected chi connectivity index (χ0v) is 16.2. The second-order valence-electron chi connectivity index (χ2n) is 6.30. The standard InChI is InChI=1S/C19H18ClN3O3S/c1-22(17-6-3-5-15(20)13-17)27(25,26)18-7-2-4-14(12-18)19(24)23(11-10-21)16-8-9-16/h2-7,12-13,16H,8-9,11H2,1H3. The van der Waals surface area contributed by atoms with Gasteiger partial charge in [-0.15, -0.1) is 0 Å². The fourth-order valence-electron chi connectivity index (χ4n) is 2.75. The van der Waals surface area contributed by atoms with Crippen molar-refractivity contribution in [1.29, 1.82) is 5.26 Å². The Kier molecular flexibility index (Phi) is 5.40. The van der Waals surface area contributed by atoms with Crippen molar-refractivity contribution >= 4 is 33.2 Å². The summed E-state index contributed by atoms with van der Waals surface area (Å²) in [6, 6.07) is 14.5. The molecule has 0 atom stereocenters. The average Bonchev–Trinajstić information content (AvgIpc) is 3.50. The zero-order valence-electron chi connectivity index (χ0n) is 14.7. The lowest BCUT2D eigenvalue weighted by Crippen LogP contribution is -2.33. The first-order valence-electron chi connectivity index (χ1n) is 8.37. The molecule has 1 aliphatic carbocycles. The van der Waals surface area contributed by atoms with E-state index in [1.165, 1.54) is 30.1 Å². The summed E-state index contributed by atoms with van der Waals surface area (Å²) in [7, 11) is -2.44. The fraction of sp³-hybridized carbons (Fsp3) is 0.263. The number of hydrogen-bond acceptors (Lipinski definition) is 4. The van der Waals surface area contributed by atoms with E-state index in [4.69, 9.17) is 16.9 Å². The number of nitrogens with zero attached hydrogens (tertiary/aromatic N) is 3. The molecule has 27 heavy (non-hydrogen) atoms. The van der Waals surface area contributed by atoms with Crippen LogP contribution in [0.3, 0.4) is 0 Å². The number of benzene rings is 2. The van der Waals surface area contributed by atoms with Gasteiger partial charge in [-0.1, -0.05) is 23.7 Å². The molecule has 0 spiro atoms. The summed E-state index contributed by atoms with van der Waals surface area (Å²) < 4.78 is 27.1. The molecule has 6 nitrogen and oxygen atoms in total. The van der Waals surface area contributed by atoms with E-state index in [-0.39, 0.29) is 29.0 Å². The van der Waals surface area contributed by atoms with Crippen LogP contribution in [0.5, 0.6) is 0 Å². The maximum absolute atomic E-state index is 13.0. The molecule has 140 valence electrons. The largest absolute Gasteiger partial charge is 0.322 e. The van der Waals surface area contributed by atoms with Gasteiger partial charge >= 0.3 is 0 Å². The second-order valence-corrected chi connectivity index (χ2v) is 8.71. The smallest absolute Gasteiger partial charge is 0.264 e. The third kappa shape index (κ3) is 4.07. The summed E-state index contributed by atoms with van der Waals surface area (Å²) in [5, 5.41) is 9.38. The van der Waals surface area contributed by atoms with E-state index in [9.17, 15) is 13.2 Å². The number of halogens is 1. The fourth-order valence-corrected chi connectivity index (χ4v) is 4.17. The molecule has 0 aromatic heterocycles. The molecule has 0 aliphatic heterocycles. The second kappa shape index (κ2) is 7.59. The molecular weight excluding hydrogens is 386 g/mol. The van der Waals surface area contributed by atoms with Gasteiger partial charge in [-0.3, -0.25) is 9.10 Å². The maximum Gasteiger partial charge on any atom is 0.264 e. The summed E-state index contributed by atoms with van der Waals surface area (Å²) in [6.45, 7) is -0.0110. The molecule has 8 heteroatoms. The van der Waals surface area contributed by atoms with Gasteiger partial charge < -0.3 is 4.90 Å². The van der Waals surface area contributed by atoms with Crippen molar-refractivity contribution in [3.63, 3.8) is 0 Å². The van der Waals surface area contributed by atoms with Crippen LogP contribution in [0.2, 0.25) is 5.02 Å². The minimum absolute atomic E-state index is 0.00327. The third-order valence-corrected chi connectivity index (χ3v) is 6.42. The zero-order chi connectivity index (χ0) is 19.6. The van der Waals surface area contributed by atoms with Crippen molar-refractivity contribution in [2.24, 2.45) is 0 Å². The number of nitriles is 1. The number of anilines is 1. The van der Waals surface area contributed by atoms with Crippen LogP contribution in [0.15, 0.2) is 53.4 Å². The van der Waals surface area contributed by atoms with Gasteiger partial charge in [-0.2, -0.15) is 5.26 Å². The highest BCUT2D eigenvalue weighted by Gasteiger charge is 2.33. The van der Waals surface area contributed by atoms with Crippen LogP contribution in [0.4, 0.5) is 5.69 Å². The number of carbonyl (C=O) groups excluding carboxylic acids is 1. The molecule has 0 bridgehead atoms. The number of sulfonamides is 1. The number of hydrogen-bond donors (Lipinski definition) is 0. The van der Waals surface area contributed by atoms with Crippen LogP contribution in [0.1, 0.15) is 23.2 Å². The molecule has 3 rings (SSSR count). The Labute approximate surface area is 163 Å². The Morgan fingerprint density at radius 2 is 1.93 bits per heavy atom. The van der Waals surface area contributed by atoms with Gasteiger partial charge in [-0.25, -0.2) is 8.42 Å². The highest BCUT2D eigenvalue weighted by atomic mass is 35.5. The predicted octanol–water partition coefficient (Wildman–Crippen LogP) is 3.29. The van der Waals surface area contributed by atoms with E-state index in [1.807, 2.05) is 6.07 Å². The first kappa shape index (κ1) is 19.2.